The van der Waals surface area contributed by atoms with Crippen molar-refractivity contribution in [1.29, 1.82) is 0 Å². The molecule has 14 heteroatoms. The summed E-state index contributed by atoms with van der Waals surface area (Å²) < 4.78 is 7.43. The van der Waals surface area contributed by atoms with Gasteiger partial charge in [-0.25, -0.2) is 15.0 Å². The first-order valence-electron chi connectivity index (χ1n) is 10.8. The number of fused-ring (bicyclic) bond motifs is 1. The van der Waals surface area contributed by atoms with E-state index in [0.29, 0.717) is 28.2 Å². The van der Waals surface area contributed by atoms with Gasteiger partial charge in [0.2, 0.25) is 5.91 Å². The minimum atomic E-state index is -1.19. The van der Waals surface area contributed by atoms with Crippen LogP contribution in [0.1, 0.15) is 24.3 Å². The van der Waals surface area contributed by atoms with E-state index < -0.39 is 43.0 Å². The summed E-state index contributed by atoms with van der Waals surface area (Å²) in [5.74, 6) is 0.183. The molecule has 1 amide bonds. The van der Waals surface area contributed by atoms with Gasteiger partial charge < -0.3 is 30.9 Å². The van der Waals surface area contributed by atoms with Crippen molar-refractivity contribution in [1.82, 2.24) is 24.8 Å². The zero-order valence-corrected chi connectivity index (χ0v) is 19.1. The zero-order chi connectivity index (χ0) is 25.1. The Morgan fingerprint density at radius 2 is 2.09 bits per heavy atom. The van der Waals surface area contributed by atoms with Gasteiger partial charge in [0.1, 0.15) is 18.5 Å². The number of carbonyl (C=O) groups is 1. The van der Waals surface area contributed by atoms with Crippen molar-refractivity contribution in [3.05, 3.63) is 52.9 Å². The molecular weight excluding hydrogens is 456 g/mol. The van der Waals surface area contributed by atoms with E-state index in [0.717, 1.165) is 0 Å². The Bertz CT molecular complexity index is 1240. The van der Waals surface area contributed by atoms with Crippen molar-refractivity contribution >= 4 is 28.6 Å². The Kier molecular flexibility index (Phi) is 7.10. The van der Waals surface area contributed by atoms with Crippen LogP contribution in [0.3, 0.4) is 0 Å². The molecule has 1 fully saturated rings. The maximum Gasteiger partial charge on any atom is 0.222 e. The Morgan fingerprint density at radius 1 is 1.34 bits per heavy atom. The molecule has 1 aliphatic heterocycles. The minimum Gasteiger partial charge on any atom is -0.394 e. The smallest absolute Gasteiger partial charge is 0.222 e. The average molecular weight is 483 g/mol. The van der Waals surface area contributed by atoms with Crippen LogP contribution in [-0.2, 0) is 9.53 Å². The van der Waals surface area contributed by atoms with Crippen LogP contribution in [0.25, 0.3) is 21.6 Å². The number of carbonyl (C=O) groups excluding carboxylic acids is 1. The van der Waals surface area contributed by atoms with Crippen LogP contribution in [0.5, 0.6) is 0 Å². The van der Waals surface area contributed by atoms with E-state index >= 15 is 0 Å². The van der Waals surface area contributed by atoms with E-state index in [1.807, 2.05) is 14.1 Å². The lowest BCUT2D eigenvalue weighted by molar-refractivity contribution is -0.123. The van der Waals surface area contributed by atoms with Gasteiger partial charge in [-0.2, -0.15) is 0 Å². The minimum absolute atomic E-state index is 0.0691. The van der Waals surface area contributed by atoms with Gasteiger partial charge in [0.05, 0.1) is 19.0 Å². The van der Waals surface area contributed by atoms with E-state index in [9.17, 15) is 15.0 Å². The Morgan fingerprint density at radius 3 is 2.74 bits per heavy atom. The van der Waals surface area contributed by atoms with Crippen molar-refractivity contribution in [2.75, 3.05) is 25.6 Å². The third-order valence-corrected chi connectivity index (χ3v) is 5.81. The normalized spacial score (nSPS) is 22.5. The van der Waals surface area contributed by atoms with E-state index in [1.165, 1.54) is 12.7 Å². The van der Waals surface area contributed by atoms with Gasteiger partial charge in [0.25, 0.3) is 0 Å². The number of amides is 1. The molecule has 1 unspecified atom stereocenters. The first-order chi connectivity index (χ1) is 16.8. The van der Waals surface area contributed by atoms with Crippen LogP contribution in [-0.4, -0.2) is 74.6 Å². The fraction of sp³-hybridized carbons (Fsp3) is 0.429. The summed E-state index contributed by atoms with van der Waals surface area (Å²) in [6, 6.07) is 5.05. The predicted octanol–water partition coefficient (Wildman–Crippen LogP) is 0.660. The van der Waals surface area contributed by atoms with Crippen LogP contribution in [0.15, 0.2) is 42.0 Å². The van der Waals surface area contributed by atoms with E-state index in [4.69, 9.17) is 16.0 Å². The molecule has 3 aromatic rings. The highest BCUT2D eigenvalue weighted by Crippen LogP contribution is 2.32. The lowest BCUT2D eigenvalue weighted by Gasteiger charge is -2.22. The van der Waals surface area contributed by atoms with Gasteiger partial charge >= 0.3 is 0 Å². The maximum absolute atomic E-state index is 12.7. The van der Waals surface area contributed by atoms with Crippen molar-refractivity contribution in [3.8, 4) is 0 Å². The second-order valence-electron chi connectivity index (χ2n) is 8.34. The van der Waals surface area contributed by atoms with Gasteiger partial charge in [0, 0.05) is 37.2 Å². The summed E-state index contributed by atoms with van der Waals surface area (Å²) in [6.07, 6.45) is -0.179. The van der Waals surface area contributed by atoms with E-state index in [1.54, 1.807) is 33.7 Å². The number of aromatic nitrogens is 4. The number of imidazole rings is 1. The lowest BCUT2D eigenvalue weighted by Crippen LogP contribution is -2.48. The number of azide groups is 1. The number of nitrogens with two attached hydrogens (primary N) is 1. The molecule has 0 radical (unpaired) electrons. The number of nitrogens with zero attached hydrogens (tertiary/aromatic N) is 8. The molecule has 1 saturated heterocycles. The molecule has 1 aromatic carbocycles. The lowest BCUT2D eigenvalue weighted by atomic mass is 10.0. The standard InChI is InChI=1S/C21H26N10O4/c1-30(2)19-17-20(25-9-24-19)31(10-26-17)21-18(34)16(14(8-32)35-21)27-15(33)7-13(22)11-3-5-12(6-4-11)28-29-23/h3-6,9-10,13-14,16,18,21,32,34H,7-8,22H2,1-2H3,(H,27,33)/t13?,14-,16-,18-,21-/m1/s1. The molecule has 0 saturated carbocycles. The predicted molar refractivity (Wildman–Crippen MR) is 125 cm³/mol. The van der Waals surface area contributed by atoms with Crippen molar-refractivity contribution in [2.45, 2.75) is 36.9 Å². The fourth-order valence-corrected chi connectivity index (χ4v) is 4.06. The largest absolute Gasteiger partial charge is 0.394 e. The third kappa shape index (κ3) is 4.87. The van der Waals surface area contributed by atoms with Gasteiger partial charge in [0.15, 0.2) is 23.2 Å². The number of hydrogen-bond acceptors (Lipinski definition) is 10. The van der Waals surface area contributed by atoms with Crippen molar-refractivity contribution in [3.63, 3.8) is 0 Å². The molecule has 35 heavy (non-hydrogen) atoms. The first-order valence-corrected chi connectivity index (χ1v) is 10.8. The summed E-state index contributed by atoms with van der Waals surface area (Å²) in [5, 5.41) is 27.1. The highest BCUT2D eigenvalue weighted by molar-refractivity contribution is 5.83. The van der Waals surface area contributed by atoms with Crippen LogP contribution in [0.4, 0.5) is 11.5 Å². The monoisotopic (exact) mass is 482 g/mol. The second kappa shape index (κ2) is 10.2. The van der Waals surface area contributed by atoms with E-state index in [-0.39, 0.29) is 6.42 Å². The topological polar surface area (TPSA) is 200 Å². The summed E-state index contributed by atoms with van der Waals surface area (Å²) in [5.41, 5.74) is 16.8. The second-order valence-corrected chi connectivity index (χ2v) is 8.34. The summed E-state index contributed by atoms with van der Waals surface area (Å²) in [6.45, 7) is -0.421. The van der Waals surface area contributed by atoms with Crippen LogP contribution in [0, 0.1) is 0 Å². The molecule has 184 valence electrons. The highest BCUT2D eigenvalue weighted by Gasteiger charge is 2.45. The number of nitrogens with one attached hydrogen (secondary N) is 1. The number of anilines is 1. The first kappa shape index (κ1) is 24.3. The van der Waals surface area contributed by atoms with Gasteiger partial charge in [-0.15, -0.1) is 0 Å². The average Bonchev–Trinajstić information content (AvgIpc) is 3.40. The molecule has 4 rings (SSSR count). The van der Waals surface area contributed by atoms with Gasteiger partial charge in [-0.1, -0.05) is 29.4 Å². The Hall–Kier alpha value is -3.81. The molecule has 2 aromatic heterocycles. The number of aliphatic hydroxyl groups excluding tert-OH is 2. The molecule has 5 N–H and O–H groups in total. The van der Waals surface area contributed by atoms with Crippen molar-refractivity contribution < 1.29 is 19.7 Å². The molecule has 1 aliphatic rings. The number of aliphatic hydroxyl groups is 2. The quantitative estimate of drug-likeness (QED) is 0.202. The summed E-state index contributed by atoms with van der Waals surface area (Å²) >= 11 is 0. The third-order valence-electron chi connectivity index (χ3n) is 5.81. The molecule has 5 atom stereocenters. The highest BCUT2D eigenvalue weighted by atomic mass is 16.5. The molecule has 0 aliphatic carbocycles. The Balaban J connectivity index is 1.48. The van der Waals surface area contributed by atoms with Crippen LogP contribution < -0.4 is 16.0 Å². The van der Waals surface area contributed by atoms with Gasteiger partial charge in [-0.05, 0) is 11.1 Å². The van der Waals surface area contributed by atoms with E-state index in [2.05, 4.69) is 30.3 Å². The molecule has 0 spiro atoms. The summed E-state index contributed by atoms with van der Waals surface area (Å²) in [4.78, 5) is 30.1. The number of ether oxygens (including phenoxy) is 1. The number of benzene rings is 1. The fourth-order valence-electron chi connectivity index (χ4n) is 4.06. The Labute approximate surface area is 200 Å². The number of hydrogen-bond donors (Lipinski definition) is 4. The van der Waals surface area contributed by atoms with Crippen LogP contribution >= 0.6 is 0 Å². The zero-order valence-electron chi connectivity index (χ0n) is 19.1. The molecule has 3 heterocycles. The maximum atomic E-state index is 12.7. The molecule has 0 bridgehead atoms. The SMILES string of the molecule is CN(C)c1ncnc2c1ncn2[C@@H]1O[C@H](CO)[C@@H](NC(=O)CC(N)c2ccc(N=[N+]=[N-])cc2)[C@H]1O. The number of rotatable bonds is 8. The van der Waals surface area contributed by atoms with Crippen LogP contribution in [0.2, 0.25) is 0 Å². The molecule has 14 nitrogen and oxygen atoms in total. The molecular formula is C21H26N10O4. The summed E-state index contributed by atoms with van der Waals surface area (Å²) in [7, 11) is 3.66. The van der Waals surface area contributed by atoms with Crippen molar-refractivity contribution in [2.24, 2.45) is 10.8 Å². The van der Waals surface area contributed by atoms with Gasteiger partial charge in [-0.3, -0.25) is 9.36 Å².